The number of carbonyl (C=O) groups is 2. The van der Waals surface area contributed by atoms with Crippen molar-refractivity contribution in [2.75, 3.05) is 0 Å². The maximum Gasteiger partial charge on any atom is 0.326 e. The van der Waals surface area contributed by atoms with Crippen LogP contribution in [0.25, 0.3) is 0 Å². The van der Waals surface area contributed by atoms with E-state index >= 15 is 0 Å². The van der Waals surface area contributed by atoms with Crippen molar-refractivity contribution in [3.63, 3.8) is 0 Å². The summed E-state index contributed by atoms with van der Waals surface area (Å²) in [6.45, 7) is 7.76. The van der Waals surface area contributed by atoms with E-state index in [1.54, 1.807) is 20.8 Å². The van der Waals surface area contributed by atoms with Gasteiger partial charge in [0, 0.05) is 6.54 Å². The standard InChI is InChI=1S/C16H24N2O3/c1-5-11-8-6-7-9-12(11)10-17-15(21)18-13(14(19)20)16(2,3)4/h6-9,13H,5,10H2,1-4H3,(H,19,20)(H2,17,18,21)/t13-/m0/s1. The number of benzene rings is 1. The molecule has 21 heavy (non-hydrogen) atoms. The SMILES string of the molecule is CCc1ccccc1CNC(=O)N[C@@H](C(=O)O)C(C)(C)C. The fraction of sp³-hybridized carbons (Fsp3) is 0.500. The summed E-state index contributed by atoms with van der Waals surface area (Å²) in [5, 5.41) is 14.4. The topological polar surface area (TPSA) is 78.4 Å². The molecule has 0 bridgehead atoms. The average Bonchev–Trinajstić information content (AvgIpc) is 2.41. The molecule has 0 aliphatic rings. The van der Waals surface area contributed by atoms with E-state index in [-0.39, 0.29) is 0 Å². The summed E-state index contributed by atoms with van der Waals surface area (Å²) in [5.74, 6) is -1.04. The van der Waals surface area contributed by atoms with Crippen molar-refractivity contribution < 1.29 is 14.7 Å². The van der Waals surface area contributed by atoms with Crippen molar-refractivity contribution in [1.29, 1.82) is 0 Å². The van der Waals surface area contributed by atoms with Crippen LogP contribution in [0.5, 0.6) is 0 Å². The number of carboxylic acids is 1. The van der Waals surface area contributed by atoms with Crippen molar-refractivity contribution in [1.82, 2.24) is 10.6 Å². The number of nitrogens with one attached hydrogen (secondary N) is 2. The summed E-state index contributed by atoms with van der Waals surface area (Å²) < 4.78 is 0. The number of urea groups is 1. The van der Waals surface area contributed by atoms with Crippen LogP contribution in [0.1, 0.15) is 38.8 Å². The number of aryl methyl sites for hydroxylation is 1. The highest BCUT2D eigenvalue weighted by Crippen LogP contribution is 2.19. The summed E-state index contributed by atoms with van der Waals surface area (Å²) in [7, 11) is 0. The first kappa shape index (κ1) is 17.0. The molecule has 0 radical (unpaired) electrons. The second-order valence-electron chi connectivity index (χ2n) is 6.09. The number of carbonyl (C=O) groups excluding carboxylic acids is 1. The van der Waals surface area contributed by atoms with Crippen LogP contribution >= 0.6 is 0 Å². The van der Waals surface area contributed by atoms with E-state index in [1.165, 1.54) is 5.56 Å². The molecule has 0 aromatic heterocycles. The highest BCUT2D eigenvalue weighted by atomic mass is 16.4. The average molecular weight is 292 g/mol. The van der Waals surface area contributed by atoms with Gasteiger partial charge in [-0.2, -0.15) is 0 Å². The Labute approximate surface area is 125 Å². The Morgan fingerprint density at radius 2 is 1.76 bits per heavy atom. The molecule has 2 amide bonds. The zero-order valence-corrected chi connectivity index (χ0v) is 13.1. The van der Waals surface area contributed by atoms with Crippen molar-refractivity contribution in [3.05, 3.63) is 35.4 Å². The molecule has 1 rings (SSSR count). The Bertz CT molecular complexity index is 506. The monoisotopic (exact) mass is 292 g/mol. The zero-order chi connectivity index (χ0) is 16.0. The summed E-state index contributed by atoms with van der Waals surface area (Å²) in [6.07, 6.45) is 0.888. The molecule has 1 aromatic carbocycles. The van der Waals surface area contributed by atoms with E-state index in [9.17, 15) is 14.7 Å². The lowest BCUT2D eigenvalue weighted by atomic mass is 9.87. The normalized spacial score (nSPS) is 12.6. The molecule has 0 saturated heterocycles. The Morgan fingerprint density at radius 3 is 2.24 bits per heavy atom. The van der Waals surface area contributed by atoms with Gasteiger partial charge in [0.05, 0.1) is 0 Å². The van der Waals surface area contributed by atoms with Gasteiger partial charge in [0.25, 0.3) is 0 Å². The van der Waals surface area contributed by atoms with E-state index < -0.39 is 23.5 Å². The zero-order valence-electron chi connectivity index (χ0n) is 13.1. The molecule has 3 N–H and O–H groups in total. The molecule has 0 unspecified atom stereocenters. The van der Waals surface area contributed by atoms with Crippen LogP contribution < -0.4 is 10.6 Å². The first-order chi connectivity index (χ1) is 9.75. The van der Waals surface area contributed by atoms with Gasteiger partial charge in [-0.1, -0.05) is 52.0 Å². The van der Waals surface area contributed by atoms with Crippen LogP contribution in [0.2, 0.25) is 0 Å². The van der Waals surface area contributed by atoms with E-state index in [0.717, 1.165) is 12.0 Å². The summed E-state index contributed by atoms with van der Waals surface area (Å²) in [6, 6.07) is 6.45. The lowest BCUT2D eigenvalue weighted by Gasteiger charge is -2.27. The molecule has 0 aliphatic heterocycles. The minimum atomic E-state index is -1.04. The number of aliphatic carboxylic acids is 1. The van der Waals surface area contributed by atoms with Gasteiger partial charge in [0.2, 0.25) is 0 Å². The second kappa shape index (κ2) is 7.11. The summed E-state index contributed by atoms with van der Waals surface area (Å²) >= 11 is 0. The molecular formula is C16H24N2O3. The predicted octanol–water partition coefficient (Wildman–Crippen LogP) is 2.55. The molecule has 116 valence electrons. The van der Waals surface area contributed by atoms with Crippen LogP contribution in [0, 0.1) is 5.41 Å². The first-order valence-electron chi connectivity index (χ1n) is 7.09. The largest absolute Gasteiger partial charge is 0.480 e. The van der Waals surface area contributed by atoms with Gasteiger partial charge in [0.15, 0.2) is 0 Å². The fourth-order valence-electron chi connectivity index (χ4n) is 2.08. The maximum atomic E-state index is 11.9. The Balaban J connectivity index is 2.63. The molecule has 5 nitrogen and oxygen atoms in total. The fourth-order valence-corrected chi connectivity index (χ4v) is 2.08. The van der Waals surface area contributed by atoms with Crippen LogP contribution in [-0.2, 0) is 17.8 Å². The lowest BCUT2D eigenvalue weighted by Crippen LogP contribution is -2.52. The first-order valence-corrected chi connectivity index (χ1v) is 7.09. The molecule has 0 heterocycles. The molecule has 5 heteroatoms. The predicted molar refractivity (Wildman–Crippen MR) is 82.1 cm³/mol. The summed E-state index contributed by atoms with van der Waals surface area (Å²) in [5.41, 5.74) is 1.66. The third-order valence-corrected chi connectivity index (χ3v) is 3.33. The number of amides is 2. The van der Waals surface area contributed by atoms with Gasteiger partial charge in [0.1, 0.15) is 6.04 Å². The van der Waals surface area contributed by atoms with E-state index in [0.29, 0.717) is 6.54 Å². The van der Waals surface area contributed by atoms with E-state index in [4.69, 9.17) is 0 Å². The molecule has 0 fully saturated rings. The van der Waals surface area contributed by atoms with Crippen LogP contribution in [-0.4, -0.2) is 23.1 Å². The minimum absolute atomic E-state index is 0.381. The highest BCUT2D eigenvalue weighted by Gasteiger charge is 2.32. The lowest BCUT2D eigenvalue weighted by molar-refractivity contribution is -0.141. The highest BCUT2D eigenvalue weighted by molar-refractivity contribution is 5.83. The van der Waals surface area contributed by atoms with Crippen molar-refractivity contribution >= 4 is 12.0 Å². The van der Waals surface area contributed by atoms with Gasteiger partial charge < -0.3 is 15.7 Å². The van der Waals surface area contributed by atoms with Gasteiger partial charge in [-0.15, -0.1) is 0 Å². The molecular weight excluding hydrogens is 268 g/mol. The maximum absolute atomic E-state index is 11.9. The quantitative estimate of drug-likeness (QED) is 0.780. The van der Waals surface area contributed by atoms with Crippen molar-refractivity contribution in [3.8, 4) is 0 Å². The number of carboxylic acid groups (broad SMARTS) is 1. The van der Waals surface area contributed by atoms with Gasteiger partial charge in [-0.25, -0.2) is 9.59 Å². The number of rotatable bonds is 5. The Morgan fingerprint density at radius 1 is 1.19 bits per heavy atom. The van der Waals surface area contributed by atoms with Gasteiger partial charge in [-0.05, 0) is 23.0 Å². The van der Waals surface area contributed by atoms with Gasteiger partial charge in [-0.3, -0.25) is 0 Å². The molecule has 0 aliphatic carbocycles. The van der Waals surface area contributed by atoms with E-state index in [1.807, 2.05) is 24.3 Å². The molecule has 1 atom stereocenters. The Hall–Kier alpha value is -2.04. The Kier molecular flexibility index (Phi) is 5.76. The third-order valence-electron chi connectivity index (χ3n) is 3.33. The van der Waals surface area contributed by atoms with Gasteiger partial charge >= 0.3 is 12.0 Å². The van der Waals surface area contributed by atoms with E-state index in [2.05, 4.69) is 17.6 Å². The third kappa shape index (κ3) is 5.10. The molecule has 0 spiro atoms. The van der Waals surface area contributed by atoms with Crippen LogP contribution in [0.3, 0.4) is 0 Å². The molecule has 1 aromatic rings. The number of hydrogen-bond donors (Lipinski definition) is 3. The minimum Gasteiger partial charge on any atom is -0.480 e. The van der Waals surface area contributed by atoms with Crippen LogP contribution in [0.15, 0.2) is 24.3 Å². The molecule has 0 saturated carbocycles. The van der Waals surface area contributed by atoms with Crippen molar-refractivity contribution in [2.24, 2.45) is 5.41 Å². The number of hydrogen-bond acceptors (Lipinski definition) is 2. The smallest absolute Gasteiger partial charge is 0.326 e. The van der Waals surface area contributed by atoms with Crippen LogP contribution in [0.4, 0.5) is 4.79 Å². The second-order valence-corrected chi connectivity index (χ2v) is 6.09. The summed E-state index contributed by atoms with van der Waals surface area (Å²) in [4.78, 5) is 23.1. The van der Waals surface area contributed by atoms with Crippen molar-refractivity contribution in [2.45, 2.75) is 46.7 Å².